The molecule has 0 radical (unpaired) electrons. The second-order valence-electron chi connectivity index (χ2n) is 4.48. The summed E-state index contributed by atoms with van der Waals surface area (Å²) < 4.78 is 26.2. The van der Waals surface area contributed by atoms with E-state index in [1.165, 1.54) is 19.3 Å². The maximum atomic E-state index is 13.3. The predicted octanol–water partition coefficient (Wildman–Crippen LogP) is 3.66. The van der Waals surface area contributed by atoms with Gasteiger partial charge in [0.1, 0.15) is 0 Å². The highest BCUT2D eigenvalue weighted by Crippen LogP contribution is 2.34. The second-order valence-corrected chi connectivity index (χ2v) is 4.48. The highest BCUT2D eigenvalue weighted by Gasteiger charge is 2.35. The molecule has 1 aromatic rings. The summed E-state index contributed by atoms with van der Waals surface area (Å²) >= 11 is 0. The first-order valence-electron chi connectivity index (χ1n) is 5.88. The second kappa shape index (κ2) is 6.31. The summed E-state index contributed by atoms with van der Waals surface area (Å²) in [7, 11) is 0. The van der Waals surface area contributed by atoms with Crippen LogP contribution in [0.25, 0.3) is 0 Å². The molecule has 1 aliphatic rings. The van der Waals surface area contributed by atoms with Gasteiger partial charge in [0.2, 0.25) is 0 Å². The zero-order chi connectivity index (χ0) is 11.5. The van der Waals surface area contributed by atoms with Gasteiger partial charge < -0.3 is 5.32 Å². The van der Waals surface area contributed by atoms with Crippen LogP contribution in [0, 0.1) is 17.6 Å². The molecule has 96 valence electrons. The molecule has 0 spiro atoms. The van der Waals surface area contributed by atoms with Crippen LogP contribution < -0.4 is 5.32 Å². The molecule has 2 atom stereocenters. The SMILES string of the molecule is CCCC1CC1NCc1cccc(F)c1F.Cl. The Morgan fingerprint density at radius 2 is 2.12 bits per heavy atom. The Hall–Kier alpha value is -0.670. The topological polar surface area (TPSA) is 12.0 Å². The van der Waals surface area contributed by atoms with Crippen molar-refractivity contribution in [3.8, 4) is 0 Å². The first-order valence-corrected chi connectivity index (χ1v) is 5.88. The lowest BCUT2D eigenvalue weighted by Gasteiger charge is -2.05. The average molecular weight is 262 g/mol. The lowest BCUT2D eigenvalue weighted by molar-refractivity contribution is 0.490. The summed E-state index contributed by atoms with van der Waals surface area (Å²) in [5.74, 6) is -0.746. The first-order chi connectivity index (χ1) is 7.72. The summed E-state index contributed by atoms with van der Waals surface area (Å²) in [6, 6.07) is 4.83. The summed E-state index contributed by atoms with van der Waals surface area (Å²) in [6.45, 7) is 2.59. The normalized spacial score (nSPS) is 22.1. The minimum Gasteiger partial charge on any atom is -0.310 e. The van der Waals surface area contributed by atoms with Crippen molar-refractivity contribution in [3.05, 3.63) is 35.4 Å². The van der Waals surface area contributed by atoms with Gasteiger partial charge in [-0.25, -0.2) is 8.78 Å². The van der Waals surface area contributed by atoms with Gasteiger partial charge in [-0.05, 0) is 24.8 Å². The number of rotatable bonds is 5. The number of halogens is 3. The van der Waals surface area contributed by atoms with Crippen molar-refractivity contribution < 1.29 is 8.78 Å². The van der Waals surface area contributed by atoms with Gasteiger partial charge in [-0.3, -0.25) is 0 Å². The Labute approximate surface area is 107 Å². The lowest BCUT2D eigenvalue weighted by Crippen LogP contribution is -2.18. The smallest absolute Gasteiger partial charge is 0.163 e. The van der Waals surface area contributed by atoms with Gasteiger partial charge in [-0.15, -0.1) is 12.4 Å². The number of hydrogen-bond donors (Lipinski definition) is 1. The van der Waals surface area contributed by atoms with E-state index in [2.05, 4.69) is 12.2 Å². The lowest BCUT2D eigenvalue weighted by atomic mass is 10.2. The van der Waals surface area contributed by atoms with E-state index in [4.69, 9.17) is 0 Å². The third kappa shape index (κ3) is 3.65. The van der Waals surface area contributed by atoms with E-state index in [0.717, 1.165) is 12.0 Å². The maximum absolute atomic E-state index is 13.3. The predicted molar refractivity (Wildman–Crippen MR) is 67.2 cm³/mol. The van der Waals surface area contributed by atoms with E-state index in [1.54, 1.807) is 12.1 Å². The maximum Gasteiger partial charge on any atom is 0.163 e. The van der Waals surface area contributed by atoms with Gasteiger partial charge in [-0.1, -0.05) is 25.5 Å². The van der Waals surface area contributed by atoms with Crippen molar-refractivity contribution >= 4 is 12.4 Å². The minimum atomic E-state index is -0.764. The van der Waals surface area contributed by atoms with Crippen molar-refractivity contribution in [3.63, 3.8) is 0 Å². The molecule has 0 heterocycles. The number of hydrogen-bond acceptors (Lipinski definition) is 1. The molecule has 0 bridgehead atoms. The fourth-order valence-electron chi connectivity index (χ4n) is 2.11. The van der Waals surface area contributed by atoms with Crippen LogP contribution in [-0.4, -0.2) is 6.04 Å². The Morgan fingerprint density at radius 1 is 1.35 bits per heavy atom. The fraction of sp³-hybridized carbons (Fsp3) is 0.538. The highest BCUT2D eigenvalue weighted by atomic mass is 35.5. The van der Waals surface area contributed by atoms with Gasteiger partial charge in [-0.2, -0.15) is 0 Å². The average Bonchev–Trinajstić information content (AvgIpc) is 3.00. The zero-order valence-electron chi connectivity index (χ0n) is 9.88. The molecular formula is C13H18ClF2N. The van der Waals surface area contributed by atoms with E-state index >= 15 is 0 Å². The van der Waals surface area contributed by atoms with Crippen LogP contribution in [-0.2, 0) is 6.54 Å². The molecular weight excluding hydrogens is 244 g/mol. The summed E-state index contributed by atoms with van der Waals surface area (Å²) in [4.78, 5) is 0. The van der Waals surface area contributed by atoms with Crippen LogP contribution in [0.3, 0.4) is 0 Å². The largest absolute Gasteiger partial charge is 0.310 e. The molecule has 17 heavy (non-hydrogen) atoms. The van der Waals surface area contributed by atoms with Crippen molar-refractivity contribution in [1.29, 1.82) is 0 Å². The third-order valence-electron chi connectivity index (χ3n) is 3.17. The summed E-state index contributed by atoms with van der Waals surface area (Å²) in [6.07, 6.45) is 3.59. The van der Waals surface area contributed by atoms with E-state index in [-0.39, 0.29) is 12.4 Å². The molecule has 1 N–H and O–H groups in total. The van der Waals surface area contributed by atoms with Crippen LogP contribution in [0.4, 0.5) is 8.78 Å². The Morgan fingerprint density at radius 3 is 2.82 bits per heavy atom. The molecule has 1 aromatic carbocycles. The molecule has 1 nitrogen and oxygen atoms in total. The van der Waals surface area contributed by atoms with Crippen molar-refractivity contribution in [2.75, 3.05) is 0 Å². The van der Waals surface area contributed by atoms with Gasteiger partial charge in [0.05, 0.1) is 0 Å². The molecule has 1 saturated carbocycles. The summed E-state index contributed by atoms with van der Waals surface area (Å²) in [5, 5.41) is 3.27. The highest BCUT2D eigenvalue weighted by molar-refractivity contribution is 5.85. The molecule has 0 saturated heterocycles. The standard InChI is InChI=1S/C13H17F2N.ClH/c1-2-4-9-7-12(9)16-8-10-5-3-6-11(14)13(10)15;/h3,5-6,9,12,16H,2,4,7-8H2,1H3;1H. The quantitative estimate of drug-likeness (QED) is 0.853. The third-order valence-corrected chi connectivity index (χ3v) is 3.17. The van der Waals surface area contributed by atoms with Crippen molar-refractivity contribution in [2.45, 2.75) is 38.8 Å². The Balaban J connectivity index is 0.00000144. The van der Waals surface area contributed by atoms with Gasteiger partial charge in [0.15, 0.2) is 11.6 Å². The molecule has 1 aliphatic carbocycles. The Bertz CT molecular complexity index is 370. The Kier molecular flexibility index (Phi) is 5.34. The molecule has 1 fully saturated rings. The zero-order valence-corrected chi connectivity index (χ0v) is 10.7. The molecule has 0 aliphatic heterocycles. The molecule has 4 heteroatoms. The van der Waals surface area contributed by atoms with Crippen LogP contribution in [0.15, 0.2) is 18.2 Å². The summed E-state index contributed by atoms with van der Waals surface area (Å²) in [5.41, 5.74) is 0.419. The van der Waals surface area contributed by atoms with E-state index in [0.29, 0.717) is 18.2 Å². The molecule has 0 aromatic heterocycles. The minimum absolute atomic E-state index is 0. The molecule has 2 unspecified atom stereocenters. The van der Waals surface area contributed by atoms with Crippen molar-refractivity contribution in [2.24, 2.45) is 5.92 Å². The van der Waals surface area contributed by atoms with Crippen LogP contribution in [0.2, 0.25) is 0 Å². The molecule has 0 amide bonds. The van der Waals surface area contributed by atoms with Crippen molar-refractivity contribution in [1.82, 2.24) is 5.32 Å². The van der Waals surface area contributed by atoms with Crippen LogP contribution in [0.1, 0.15) is 31.7 Å². The van der Waals surface area contributed by atoms with E-state index < -0.39 is 11.6 Å². The number of nitrogens with one attached hydrogen (secondary N) is 1. The van der Waals surface area contributed by atoms with Gasteiger partial charge in [0, 0.05) is 18.2 Å². The monoisotopic (exact) mass is 261 g/mol. The fourth-order valence-corrected chi connectivity index (χ4v) is 2.11. The van der Waals surface area contributed by atoms with E-state index in [1.807, 2.05) is 0 Å². The van der Waals surface area contributed by atoms with Gasteiger partial charge >= 0.3 is 0 Å². The molecule has 2 rings (SSSR count). The first kappa shape index (κ1) is 14.4. The van der Waals surface area contributed by atoms with Gasteiger partial charge in [0.25, 0.3) is 0 Å². The van der Waals surface area contributed by atoms with Crippen LogP contribution >= 0.6 is 12.4 Å². The van der Waals surface area contributed by atoms with Crippen LogP contribution in [0.5, 0.6) is 0 Å². The van der Waals surface area contributed by atoms with E-state index in [9.17, 15) is 8.78 Å². The number of benzene rings is 1.